The Morgan fingerprint density at radius 2 is 1.74 bits per heavy atom. The van der Waals surface area contributed by atoms with Crippen LogP contribution in [-0.2, 0) is 28.7 Å². The van der Waals surface area contributed by atoms with Crippen LogP contribution < -0.4 is 15.1 Å². The largest absolute Gasteiger partial charge is 0.460 e. The molecule has 0 aliphatic carbocycles. The molecule has 0 aromatic heterocycles. The van der Waals surface area contributed by atoms with E-state index in [2.05, 4.69) is 24.1 Å². The Kier molecular flexibility index (Phi) is 10.8. The molecule has 2 fully saturated rings. The molecule has 250 valence electrons. The second-order valence-electron chi connectivity index (χ2n) is 12.6. The average molecular weight is 637 g/mol. The van der Waals surface area contributed by atoms with Crippen LogP contribution in [0.15, 0.2) is 48.6 Å². The second-order valence-corrected chi connectivity index (χ2v) is 12.6. The van der Waals surface area contributed by atoms with Crippen LogP contribution in [0, 0.1) is 11.8 Å². The third kappa shape index (κ3) is 6.57. The van der Waals surface area contributed by atoms with E-state index in [1.807, 2.05) is 42.5 Å². The van der Waals surface area contributed by atoms with Crippen LogP contribution >= 0.6 is 0 Å². The molecule has 2 saturated heterocycles. The van der Waals surface area contributed by atoms with Crippen molar-refractivity contribution in [3.05, 3.63) is 48.6 Å². The van der Waals surface area contributed by atoms with Crippen LogP contribution in [-0.4, -0.2) is 96.9 Å². The van der Waals surface area contributed by atoms with Crippen molar-refractivity contribution in [2.45, 2.75) is 83.1 Å². The molecular weight excluding hydrogens is 588 g/mol. The van der Waals surface area contributed by atoms with E-state index >= 15 is 0 Å². The highest BCUT2D eigenvalue weighted by atomic mass is 16.6. The Morgan fingerprint density at radius 3 is 2.46 bits per heavy atom. The number of fused-ring (bicyclic) bond motifs is 2. The quantitative estimate of drug-likeness (QED) is 0.228. The van der Waals surface area contributed by atoms with Gasteiger partial charge in [-0.25, -0.2) is 0 Å². The lowest BCUT2D eigenvalue weighted by atomic mass is 9.74. The zero-order chi connectivity index (χ0) is 32.8. The maximum absolute atomic E-state index is 14.9. The van der Waals surface area contributed by atoms with E-state index in [4.69, 9.17) is 9.47 Å². The predicted molar refractivity (Wildman–Crippen MR) is 174 cm³/mol. The number of likely N-dealkylation sites (tertiary alicyclic amines) is 1. The lowest BCUT2D eigenvalue weighted by molar-refractivity contribution is -0.158. The van der Waals surface area contributed by atoms with Gasteiger partial charge in [-0.2, -0.15) is 0 Å². The number of aliphatic hydroxyl groups excluding tert-OH is 1. The van der Waals surface area contributed by atoms with Crippen molar-refractivity contribution in [3.8, 4) is 0 Å². The molecule has 4 aliphatic heterocycles. The van der Waals surface area contributed by atoms with Crippen molar-refractivity contribution in [2.24, 2.45) is 11.8 Å². The van der Waals surface area contributed by atoms with Gasteiger partial charge in [0.25, 0.3) is 5.91 Å². The fourth-order valence-corrected chi connectivity index (χ4v) is 7.28. The Balaban J connectivity index is 1.54. The normalized spacial score (nSPS) is 30.4. The molecule has 1 spiro atoms. The van der Waals surface area contributed by atoms with Crippen LogP contribution in [0.1, 0.15) is 59.3 Å². The first kappa shape index (κ1) is 33.7. The van der Waals surface area contributed by atoms with Gasteiger partial charge in [-0.05, 0) is 64.3 Å². The van der Waals surface area contributed by atoms with Crippen LogP contribution in [0.4, 0.5) is 11.4 Å². The number of nitrogens with zero attached hydrogens (tertiary/aromatic N) is 3. The number of cyclic esters (lactones) is 1. The number of allylic oxidation sites excluding steroid dienone is 1. The number of aliphatic hydroxyl groups is 1. The number of hydrogen-bond acceptors (Lipinski definition) is 8. The second kappa shape index (κ2) is 14.8. The minimum absolute atomic E-state index is 0.108. The summed E-state index contributed by atoms with van der Waals surface area (Å²) in [5.74, 6) is -3.11. The summed E-state index contributed by atoms with van der Waals surface area (Å²) in [5, 5.41) is 12.1. The van der Waals surface area contributed by atoms with Gasteiger partial charge in [-0.1, -0.05) is 37.1 Å². The van der Waals surface area contributed by atoms with E-state index in [-0.39, 0.29) is 43.8 Å². The van der Waals surface area contributed by atoms with Crippen LogP contribution in [0.25, 0.3) is 0 Å². The third-order valence-corrected chi connectivity index (χ3v) is 9.64. The highest BCUT2D eigenvalue weighted by molar-refractivity contribution is 6.05. The third-order valence-electron chi connectivity index (χ3n) is 9.64. The van der Waals surface area contributed by atoms with Gasteiger partial charge in [-0.15, -0.1) is 0 Å². The Hall–Kier alpha value is -3.70. The summed E-state index contributed by atoms with van der Waals surface area (Å²) >= 11 is 0. The van der Waals surface area contributed by atoms with Crippen molar-refractivity contribution < 1.29 is 33.8 Å². The summed E-state index contributed by atoms with van der Waals surface area (Å²) in [7, 11) is 0. The van der Waals surface area contributed by atoms with E-state index in [0.29, 0.717) is 31.5 Å². The number of hydrogen-bond donors (Lipinski definition) is 2. The number of ether oxygens (including phenoxy) is 2. The topological polar surface area (TPSA) is 129 Å². The first-order valence-electron chi connectivity index (χ1n) is 16.8. The monoisotopic (exact) mass is 636 g/mol. The molecule has 2 N–H and O–H groups in total. The standard InChI is InChI=1S/C35H48N4O7/c1-4-37(5-2)25-14-16-26(17-15-25)38-20-11-8-9-13-28(41)36-23-24(3)45-34(44)29-27-18-19-35(46-27)30(29)32(42)39(31(35)33(38)43)21-10-6-7-12-22-40/h8,11,14-19,24,27,29-31,40H,4-7,9-10,12-13,20-23H2,1-3H3,(H,36,41)/b11-8-/t24-,27+,29-,30-,31+,35-/m0/s1. The Bertz CT molecular complexity index is 1330. The Labute approximate surface area is 271 Å². The number of amides is 3. The van der Waals surface area contributed by atoms with E-state index in [9.17, 15) is 24.3 Å². The van der Waals surface area contributed by atoms with Gasteiger partial charge in [0.05, 0.1) is 18.6 Å². The number of carbonyl (C=O) groups is 4. The molecule has 1 aromatic rings. The molecule has 0 saturated carbocycles. The maximum Gasteiger partial charge on any atom is 0.313 e. The molecule has 0 radical (unpaired) electrons. The van der Waals surface area contributed by atoms with Gasteiger partial charge in [-0.3, -0.25) is 19.2 Å². The SMILES string of the molecule is CCN(CC)c1ccc(N2C/C=C\CCC(=O)NC[C@H](C)OC(=O)[C@@H]3[C@H]4C(=O)N(CCCCCCO)[C@H](C2=O)[C@]42C=C[C@H]3O2)cc1. The molecular formula is C35H48N4O7. The zero-order valence-corrected chi connectivity index (χ0v) is 27.2. The van der Waals surface area contributed by atoms with Crippen molar-refractivity contribution >= 4 is 35.1 Å². The fourth-order valence-electron chi connectivity index (χ4n) is 7.28. The molecule has 1 aromatic carbocycles. The summed E-state index contributed by atoms with van der Waals surface area (Å²) in [6.45, 7) is 8.42. The van der Waals surface area contributed by atoms with E-state index in [1.165, 1.54) is 0 Å². The first-order chi connectivity index (χ1) is 22.2. The Morgan fingerprint density at radius 1 is 1.00 bits per heavy atom. The zero-order valence-electron chi connectivity index (χ0n) is 27.2. The number of benzene rings is 1. The van der Waals surface area contributed by atoms with Gasteiger partial charge < -0.3 is 34.6 Å². The van der Waals surface area contributed by atoms with Crippen molar-refractivity contribution in [1.82, 2.24) is 10.2 Å². The van der Waals surface area contributed by atoms with Crippen molar-refractivity contribution in [1.29, 1.82) is 0 Å². The highest BCUT2D eigenvalue weighted by Gasteiger charge is 2.73. The minimum Gasteiger partial charge on any atom is -0.460 e. The molecule has 6 atom stereocenters. The van der Waals surface area contributed by atoms with Crippen LogP contribution in [0.5, 0.6) is 0 Å². The van der Waals surface area contributed by atoms with Gasteiger partial charge in [0.2, 0.25) is 11.8 Å². The lowest BCUT2D eigenvalue weighted by Gasteiger charge is -2.36. The van der Waals surface area contributed by atoms with E-state index in [0.717, 1.165) is 31.6 Å². The molecule has 11 nitrogen and oxygen atoms in total. The lowest BCUT2D eigenvalue weighted by Crippen LogP contribution is -2.56. The van der Waals surface area contributed by atoms with Gasteiger partial charge in [0.15, 0.2) is 0 Å². The average Bonchev–Trinajstić information content (AvgIpc) is 3.69. The molecule has 46 heavy (non-hydrogen) atoms. The smallest absolute Gasteiger partial charge is 0.313 e. The maximum atomic E-state index is 14.9. The number of anilines is 2. The number of rotatable bonds is 10. The number of unbranched alkanes of at least 4 members (excludes halogenated alkanes) is 3. The summed E-state index contributed by atoms with van der Waals surface area (Å²) in [5.41, 5.74) is 0.420. The predicted octanol–water partition coefficient (Wildman–Crippen LogP) is 2.97. The van der Waals surface area contributed by atoms with E-state index in [1.54, 1.807) is 22.8 Å². The van der Waals surface area contributed by atoms with Gasteiger partial charge in [0, 0.05) is 50.6 Å². The first-order valence-corrected chi connectivity index (χ1v) is 16.8. The number of esters is 1. The summed E-state index contributed by atoms with van der Waals surface area (Å²) in [6, 6.07) is 6.86. The van der Waals surface area contributed by atoms with Crippen LogP contribution in [0.2, 0.25) is 0 Å². The molecule has 4 heterocycles. The summed E-state index contributed by atoms with van der Waals surface area (Å²) < 4.78 is 12.3. The molecule has 4 aliphatic rings. The minimum atomic E-state index is -1.30. The molecule has 11 heteroatoms. The molecule has 5 rings (SSSR count). The number of carbonyl (C=O) groups excluding carboxylic acids is 4. The van der Waals surface area contributed by atoms with Crippen molar-refractivity contribution in [2.75, 3.05) is 49.1 Å². The summed E-state index contributed by atoms with van der Waals surface area (Å²) in [4.78, 5) is 60.8. The molecule has 3 amide bonds. The van der Waals surface area contributed by atoms with E-state index < -0.39 is 41.7 Å². The molecule has 5 bridgehead atoms. The fraction of sp³-hybridized carbons (Fsp3) is 0.600. The number of nitrogens with one attached hydrogen (secondary N) is 1. The summed E-state index contributed by atoms with van der Waals surface area (Å²) in [6.07, 6.45) is 9.73. The highest BCUT2D eigenvalue weighted by Crippen LogP contribution is 2.55. The van der Waals surface area contributed by atoms with Crippen molar-refractivity contribution in [3.63, 3.8) is 0 Å². The van der Waals surface area contributed by atoms with Crippen LogP contribution in [0.3, 0.4) is 0 Å². The molecule has 0 unspecified atom stereocenters. The van der Waals surface area contributed by atoms with Gasteiger partial charge >= 0.3 is 5.97 Å². The van der Waals surface area contributed by atoms with Gasteiger partial charge in [0.1, 0.15) is 23.7 Å².